The normalized spacial score (nSPS) is 11.3. The van der Waals surface area contributed by atoms with Crippen LogP contribution in [0.5, 0.6) is 0 Å². The average Bonchev–Trinajstić information content (AvgIpc) is 2.93. The molecule has 1 aromatic heterocycles. The summed E-state index contributed by atoms with van der Waals surface area (Å²) in [5.74, 6) is 3.06. The molecule has 2 aromatic rings. The van der Waals surface area contributed by atoms with E-state index in [4.69, 9.17) is 16.1 Å². The predicted molar refractivity (Wildman–Crippen MR) is 73.2 cm³/mol. The predicted octanol–water partition coefficient (Wildman–Crippen LogP) is 2.97. The molecule has 0 spiro atoms. The van der Waals surface area contributed by atoms with Crippen molar-refractivity contribution in [3.05, 3.63) is 42.7 Å². The first-order chi connectivity index (χ1) is 9.24. The van der Waals surface area contributed by atoms with Crippen molar-refractivity contribution in [3.8, 4) is 11.3 Å². The van der Waals surface area contributed by atoms with Crippen molar-refractivity contribution in [2.75, 3.05) is 4.90 Å². The molecule has 0 aliphatic heterocycles. The second-order valence-corrected chi connectivity index (χ2v) is 4.00. The molecule has 0 N–H and O–H groups in total. The summed E-state index contributed by atoms with van der Waals surface area (Å²) in [5, 5.41) is 6.13. The lowest BCUT2D eigenvalue weighted by molar-refractivity contribution is -0.117. The molecule has 0 aliphatic carbocycles. The number of hydrogen-bond donors (Lipinski definition) is 0. The molecule has 2 rings (SSSR count). The number of halogens is 1. The zero-order chi connectivity index (χ0) is 13.7. The molecule has 96 valence electrons. The van der Waals surface area contributed by atoms with E-state index in [1.165, 1.54) is 13.2 Å². The zero-order valence-corrected chi connectivity index (χ0v) is 11.0. The summed E-state index contributed by atoms with van der Waals surface area (Å²) in [5.41, 5.74) is 0.788. The number of anilines is 2. The zero-order valence-electron chi connectivity index (χ0n) is 10.2. The van der Waals surface area contributed by atoms with E-state index in [2.05, 4.69) is 16.5 Å². The van der Waals surface area contributed by atoms with E-state index in [9.17, 15) is 4.79 Å². The number of aromatic nitrogens is 1. The number of carbonyl (C=O) groups excluding carboxylic acids is 1. The quantitative estimate of drug-likeness (QED) is 0.804. The Morgan fingerprint density at radius 1 is 1.37 bits per heavy atom. The number of carbonyl (C=O) groups is 1. The first kappa shape index (κ1) is 13.2. The Kier molecular flexibility index (Phi) is 4.22. The molecule has 0 amide bonds. The maximum absolute atomic E-state index is 11.8. The summed E-state index contributed by atoms with van der Waals surface area (Å²) >= 11 is 5.45. The number of Topliss-reactive ketones (excluding diaryl/α,β-unsaturated/α-hetero) is 1. The Balaban J connectivity index is 2.50. The highest BCUT2D eigenvalue weighted by atomic mass is 35.5. The van der Waals surface area contributed by atoms with Gasteiger partial charge in [-0.2, -0.15) is 0 Å². The van der Waals surface area contributed by atoms with Crippen LogP contribution in [-0.2, 0) is 4.79 Å². The molecule has 0 fully saturated rings. The Morgan fingerprint density at radius 2 is 2.11 bits per heavy atom. The van der Waals surface area contributed by atoms with Gasteiger partial charge < -0.3 is 9.42 Å². The minimum Gasteiger partial charge on any atom is -0.363 e. The van der Waals surface area contributed by atoms with Gasteiger partial charge in [0.1, 0.15) is 6.26 Å². The Hall–Kier alpha value is -2.25. The lowest BCUT2D eigenvalue weighted by Crippen LogP contribution is -2.35. The van der Waals surface area contributed by atoms with Crippen LogP contribution in [0.25, 0.3) is 0 Å². The molecule has 4 nitrogen and oxygen atoms in total. The van der Waals surface area contributed by atoms with Crippen LogP contribution in [-0.4, -0.2) is 17.0 Å². The first-order valence-corrected chi connectivity index (χ1v) is 5.98. The Morgan fingerprint density at radius 3 is 2.63 bits per heavy atom. The maximum atomic E-state index is 11.8. The topological polar surface area (TPSA) is 46.3 Å². The maximum Gasteiger partial charge on any atom is 0.177 e. The fourth-order valence-electron chi connectivity index (χ4n) is 1.73. The van der Waals surface area contributed by atoms with Gasteiger partial charge in [-0.15, -0.1) is 0 Å². The van der Waals surface area contributed by atoms with Gasteiger partial charge in [-0.3, -0.25) is 4.79 Å². The van der Waals surface area contributed by atoms with Crippen molar-refractivity contribution < 1.29 is 9.32 Å². The van der Waals surface area contributed by atoms with Crippen LogP contribution >= 0.6 is 11.6 Å². The molecule has 1 aromatic carbocycles. The Labute approximate surface area is 116 Å². The van der Waals surface area contributed by atoms with Gasteiger partial charge in [0.15, 0.2) is 17.6 Å². The second kappa shape index (κ2) is 6.07. The molecule has 0 saturated carbocycles. The fraction of sp³-hybridized carbons (Fsp3) is 0.143. The van der Waals surface area contributed by atoms with E-state index in [1.807, 2.05) is 30.3 Å². The van der Waals surface area contributed by atoms with Crippen molar-refractivity contribution in [2.45, 2.75) is 13.0 Å². The fourth-order valence-corrected chi connectivity index (χ4v) is 1.84. The Bertz CT molecular complexity index is 599. The second-order valence-electron chi connectivity index (χ2n) is 3.82. The van der Waals surface area contributed by atoms with Crippen molar-refractivity contribution in [3.63, 3.8) is 0 Å². The third-order valence-corrected chi connectivity index (χ3v) is 2.65. The summed E-state index contributed by atoms with van der Waals surface area (Å²) in [6.45, 7) is 1.46. The molecule has 5 heteroatoms. The van der Waals surface area contributed by atoms with Crippen molar-refractivity contribution in [2.24, 2.45) is 0 Å². The smallest absolute Gasteiger partial charge is 0.177 e. The van der Waals surface area contributed by atoms with Gasteiger partial charge in [0.2, 0.25) is 0 Å². The van der Waals surface area contributed by atoms with Gasteiger partial charge in [0.05, 0.1) is 0 Å². The van der Waals surface area contributed by atoms with Crippen LogP contribution < -0.4 is 4.90 Å². The molecular formula is C14H11ClN2O2. The molecule has 0 bridgehead atoms. The lowest BCUT2D eigenvalue weighted by Gasteiger charge is -2.26. The van der Waals surface area contributed by atoms with Crippen molar-refractivity contribution >= 4 is 28.9 Å². The van der Waals surface area contributed by atoms with Gasteiger partial charge in [0.25, 0.3) is 0 Å². The van der Waals surface area contributed by atoms with Gasteiger partial charge in [0, 0.05) is 17.1 Å². The minimum absolute atomic E-state index is 0.125. The number of ketones is 1. The summed E-state index contributed by atoms with van der Waals surface area (Å²) in [4.78, 5) is 13.5. The van der Waals surface area contributed by atoms with E-state index in [0.29, 0.717) is 5.82 Å². The summed E-state index contributed by atoms with van der Waals surface area (Å²) in [6, 6.07) is 10.3. The lowest BCUT2D eigenvalue weighted by atomic mass is 10.1. The van der Waals surface area contributed by atoms with E-state index < -0.39 is 6.04 Å². The van der Waals surface area contributed by atoms with Crippen LogP contribution in [0.1, 0.15) is 6.92 Å². The monoisotopic (exact) mass is 274 g/mol. The van der Waals surface area contributed by atoms with Gasteiger partial charge >= 0.3 is 0 Å². The van der Waals surface area contributed by atoms with Crippen LogP contribution in [0, 0.1) is 11.3 Å². The third-order valence-electron chi connectivity index (χ3n) is 2.54. The minimum atomic E-state index is -0.704. The van der Waals surface area contributed by atoms with Crippen LogP contribution in [0.15, 0.2) is 47.2 Å². The number of nitrogens with zero attached hydrogens (tertiary/aromatic N) is 2. The van der Waals surface area contributed by atoms with Gasteiger partial charge in [-0.25, -0.2) is 0 Å². The van der Waals surface area contributed by atoms with Crippen LogP contribution in [0.3, 0.4) is 0 Å². The van der Waals surface area contributed by atoms with Crippen molar-refractivity contribution in [1.29, 1.82) is 0 Å². The molecule has 0 radical (unpaired) electrons. The number of hydrogen-bond acceptors (Lipinski definition) is 4. The molecule has 0 aliphatic rings. The van der Waals surface area contributed by atoms with Crippen LogP contribution in [0.4, 0.5) is 11.5 Å². The standard InChI is InChI=1S/C14H11ClN2O2/c1-11(18)13(7-9-15)17(14-8-10-19-16-14)12-5-3-2-4-6-12/h2-6,8,10,13H,1H3. The molecule has 1 unspecified atom stereocenters. The summed E-state index contributed by atoms with van der Waals surface area (Å²) in [7, 11) is 0. The van der Waals surface area contributed by atoms with E-state index in [0.717, 1.165) is 5.69 Å². The SMILES string of the molecule is CC(=O)C(C#CCl)N(c1ccccc1)c1ccon1. The first-order valence-electron chi connectivity index (χ1n) is 5.60. The molecular weight excluding hydrogens is 264 g/mol. The number of para-hydroxylation sites is 1. The number of rotatable bonds is 4. The largest absolute Gasteiger partial charge is 0.363 e. The molecule has 1 heterocycles. The van der Waals surface area contributed by atoms with E-state index in [1.54, 1.807) is 11.0 Å². The molecule has 19 heavy (non-hydrogen) atoms. The van der Waals surface area contributed by atoms with Gasteiger partial charge in [-0.1, -0.05) is 29.3 Å². The van der Waals surface area contributed by atoms with E-state index >= 15 is 0 Å². The number of benzene rings is 1. The highest BCUT2D eigenvalue weighted by Crippen LogP contribution is 2.26. The van der Waals surface area contributed by atoms with Crippen LogP contribution in [0.2, 0.25) is 0 Å². The summed E-state index contributed by atoms with van der Waals surface area (Å²) in [6.07, 6.45) is 1.44. The van der Waals surface area contributed by atoms with Crippen molar-refractivity contribution in [1.82, 2.24) is 5.16 Å². The third kappa shape index (κ3) is 2.95. The van der Waals surface area contributed by atoms with E-state index in [-0.39, 0.29) is 5.78 Å². The van der Waals surface area contributed by atoms with Gasteiger partial charge in [-0.05, 0) is 30.7 Å². The highest BCUT2D eigenvalue weighted by Gasteiger charge is 2.24. The summed E-state index contributed by atoms with van der Waals surface area (Å²) < 4.78 is 4.84. The molecule has 1 atom stereocenters. The highest BCUT2D eigenvalue weighted by molar-refractivity contribution is 6.30. The molecule has 0 saturated heterocycles. The average molecular weight is 275 g/mol.